The molecule has 0 aliphatic carbocycles. The first-order valence-corrected chi connectivity index (χ1v) is 4.59. The van der Waals surface area contributed by atoms with Crippen LogP contribution in [0.3, 0.4) is 0 Å². The van der Waals surface area contributed by atoms with Crippen LogP contribution < -0.4 is 5.32 Å². The number of carbonyl (C=O) groups is 2. The van der Waals surface area contributed by atoms with Crippen molar-refractivity contribution in [1.82, 2.24) is 4.90 Å². The van der Waals surface area contributed by atoms with Gasteiger partial charge in [0.05, 0.1) is 0 Å². The number of halogens is 2. The number of carboxylic acids is 1. The van der Waals surface area contributed by atoms with Crippen molar-refractivity contribution in [3.05, 3.63) is 29.8 Å². The molecule has 0 radical (unpaired) electrons. The topological polar surface area (TPSA) is 69.6 Å². The fraction of sp³-hybridized carbons (Fsp3) is 0.200. The maximum absolute atomic E-state index is 13.1. The Balaban J connectivity index is 2.78. The minimum atomic E-state index is -1.23. The first-order chi connectivity index (χ1) is 7.91. The van der Waals surface area contributed by atoms with Gasteiger partial charge in [-0.05, 0) is 12.1 Å². The molecule has 0 atom stereocenters. The number of carbonyl (C=O) groups excluding carboxylic acids is 1. The fourth-order valence-corrected chi connectivity index (χ4v) is 1.09. The number of benzene rings is 1. The number of likely N-dealkylation sites (N-methyl/N-ethyl adjacent to an activating group) is 1. The lowest BCUT2D eigenvalue weighted by Gasteiger charge is -2.16. The lowest BCUT2D eigenvalue weighted by Crippen LogP contribution is -2.35. The number of para-hydroxylation sites is 1. The van der Waals surface area contributed by atoms with Gasteiger partial charge in [-0.3, -0.25) is 4.79 Å². The first-order valence-electron chi connectivity index (χ1n) is 4.59. The molecule has 17 heavy (non-hydrogen) atoms. The third kappa shape index (κ3) is 3.40. The van der Waals surface area contributed by atoms with Gasteiger partial charge < -0.3 is 15.3 Å². The standard InChI is InChI=1S/C10H10F2N2O3/c1-14(5-8(15)16)10(17)13-9-6(11)3-2-4-7(9)12/h2-4H,5H2,1H3,(H,13,17)(H,15,16). The average molecular weight is 244 g/mol. The number of amides is 2. The quantitative estimate of drug-likeness (QED) is 0.846. The van der Waals surface area contributed by atoms with Crippen LogP contribution in [0.5, 0.6) is 0 Å². The van der Waals surface area contributed by atoms with Crippen molar-refractivity contribution in [3.8, 4) is 0 Å². The van der Waals surface area contributed by atoms with Gasteiger partial charge in [0, 0.05) is 7.05 Å². The number of hydrogen-bond donors (Lipinski definition) is 2. The Morgan fingerprint density at radius 3 is 2.35 bits per heavy atom. The normalized spacial score (nSPS) is 9.82. The molecule has 0 aliphatic rings. The molecule has 1 rings (SSSR count). The zero-order valence-corrected chi connectivity index (χ0v) is 8.91. The van der Waals surface area contributed by atoms with Crippen LogP contribution in [0.25, 0.3) is 0 Å². The molecule has 1 aromatic carbocycles. The Hall–Kier alpha value is -2.18. The van der Waals surface area contributed by atoms with Crippen molar-refractivity contribution in [2.75, 3.05) is 18.9 Å². The Morgan fingerprint density at radius 1 is 1.35 bits per heavy atom. The van der Waals surface area contributed by atoms with Crippen molar-refractivity contribution >= 4 is 17.7 Å². The molecule has 1 aromatic rings. The van der Waals surface area contributed by atoms with E-state index in [1.54, 1.807) is 0 Å². The van der Waals surface area contributed by atoms with Crippen LogP contribution >= 0.6 is 0 Å². The zero-order chi connectivity index (χ0) is 13.0. The van der Waals surface area contributed by atoms with E-state index in [-0.39, 0.29) is 0 Å². The van der Waals surface area contributed by atoms with E-state index in [0.29, 0.717) is 0 Å². The summed E-state index contributed by atoms with van der Waals surface area (Å²) >= 11 is 0. The van der Waals surface area contributed by atoms with Gasteiger partial charge in [-0.15, -0.1) is 0 Å². The van der Waals surface area contributed by atoms with Crippen molar-refractivity contribution in [3.63, 3.8) is 0 Å². The van der Waals surface area contributed by atoms with Gasteiger partial charge in [0.25, 0.3) is 0 Å². The van der Waals surface area contributed by atoms with E-state index in [2.05, 4.69) is 0 Å². The van der Waals surface area contributed by atoms with E-state index in [0.717, 1.165) is 23.1 Å². The molecular weight excluding hydrogens is 234 g/mol. The van der Waals surface area contributed by atoms with E-state index < -0.39 is 35.9 Å². The van der Waals surface area contributed by atoms with E-state index in [4.69, 9.17) is 5.11 Å². The summed E-state index contributed by atoms with van der Waals surface area (Å²) in [6, 6.07) is 2.21. The predicted molar refractivity (Wildman–Crippen MR) is 55.6 cm³/mol. The third-order valence-corrected chi connectivity index (χ3v) is 1.91. The summed E-state index contributed by atoms with van der Waals surface area (Å²) in [5, 5.41) is 10.4. The van der Waals surface area contributed by atoms with Gasteiger partial charge in [0.15, 0.2) is 0 Å². The van der Waals surface area contributed by atoms with E-state index in [9.17, 15) is 18.4 Å². The molecule has 0 aliphatic heterocycles. The number of nitrogens with zero attached hydrogens (tertiary/aromatic N) is 1. The maximum Gasteiger partial charge on any atom is 0.323 e. The van der Waals surface area contributed by atoms with Crippen LogP contribution in [-0.4, -0.2) is 35.6 Å². The summed E-state index contributed by atoms with van der Waals surface area (Å²) in [6.07, 6.45) is 0. The summed E-state index contributed by atoms with van der Waals surface area (Å²) < 4.78 is 26.3. The highest BCUT2D eigenvalue weighted by molar-refractivity contribution is 5.91. The van der Waals surface area contributed by atoms with Crippen LogP contribution in [0.2, 0.25) is 0 Å². The smallest absolute Gasteiger partial charge is 0.323 e. The molecule has 0 fully saturated rings. The summed E-state index contributed by atoms with van der Waals surface area (Å²) in [6.45, 7) is -0.568. The van der Waals surface area contributed by atoms with Gasteiger partial charge in [-0.2, -0.15) is 0 Å². The van der Waals surface area contributed by atoms with Gasteiger partial charge in [-0.25, -0.2) is 13.6 Å². The van der Waals surface area contributed by atoms with Crippen LogP contribution in [0.4, 0.5) is 19.3 Å². The summed E-state index contributed by atoms with van der Waals surface area (Å²) in [4.78, 5) is 22.5. The van der Waals surface area contributed by atoms with Crippen molar-refractivity contribution < 1.29 is 23.5 Å². The molecule has 5 nitrogen and oxygen atoms in total. The third-order valence-electron chi connectivity index (χ3n) is 1.91. The molecular formula is C10H10F2N2O3. The number of rotatable bonds is 3. The molecule has 0 saturated heterocycles. The van der Waals surface area contributed by atoms with Gasteiger partial charge >= 0.3 is 12.0 Å². The van der Waals surface area contributed by atoms with Crippen LogP contribution in [0.1, 0.15) is 0 Å². The summed E-state index contributed by atoms with van der Waals surface area (Å²) in [5.74, 6) is -3.08. The number of aliphatic carboxylic acids is 1. The first kappa shape index (κ1) is 12.9. The molecule has 92 valence electrons. The molecule has 0 heterocycles. The summed E-state index contributed by atoms with van der Waals surface area (Å²) in [7, 11) is 1.20. The SMILES string of the molecule is CN(CC(=O)O)C(=O)Nc1c(F)cccc1F. The summed E-state index contributed by atoms with van der Waals surface area (Å²) in [5.41, 5.74) is -0.602. The Bertz CT molecular complexity index is 431. The van der Waals surface area contributed by atoms with Gasteiger partial charge in [0.2, 0.25) is 0 Å². The monoisotopic (exact) mass is 244 g/mol. The van der Waals surface area contributed by atoms with Gasteiger partial charge in [0.1, 0.15) is 23.9 Å². The van der Waals surface area contributed by atoms with Crippen LogP contribution in [-0.2, 0) is 4.79 Å². The van der Waals surface area contributed by atoms with E-state index in [1.165, 1.54) is 7.05 Å². The van der Waals surface area contributed by atoms with Crippen molar-refractivity contribution in [1.29, 1.82) is 0 Å². The Kier molecular flexibility index (Phi) is 3.97. The molecule has 2 amide bonds. The number of urea groups is 1. The minimum absolute atomic E-state index is 0.568. The number of carboxylic acid groups (broad SMARTS) is 1. The predicted octanol–water partition coefficient (Wildman–Crippen LogP) is 1.51. The van der Waals surface area contributed by atoms with Gasteiger partial charge in [-0.1, -0.05) is 6.07 Å². The lowest BCUT2D eigenvalue weighted by atomic mass is 10.3. The van der Waals surface area contributed by atoms with Crippen molar-refractivity contribution in [2.45, 2.75) is 0 Å². The minimum Gasteiger partial charge on any atom is -0.480 e. The molecule has 0 unspecified atom stereocenters. The molecule has 0 spiro atoms. The second-order valence-corrected chi connectivity index (χ2v) is 3.28. The highest BCUT2D eigenvalue weighted by atomic mass is 19.1. The number of anilines is 1. The fourth-order valence-electron chi connectivity index (χ4n) is 1.09. The lowest BCUT2D eigenvalue weighted by molar-refractivity contribution is -0.137. The average Bonchev–Trinajstić information content (AvgIpc) is 2.22. The zero-order valence-electron chi connectivity index (χ0n) is 8.91. The Labute approximate surface area is 95.6 Å². The van der Waals surface area contributed by atoms with E-state index >= 15 is 0 Å². The Morgan fingerprint density at radius 2 is 1.88 bits per heavy atom. The van der Waals surface area contributed by atoms with Crippen LogP contribution in [0.15, 0.2) is 18.2 Å². The highest BCUT2D eigenvalue weighted by Crippen LogP contribution is 2.18. The maximum atomic E-state index is 13.1. The molecule has 0 saturated carbocycles. The molecule has 7 heteroatoms. The highest BCUT2D eigenvalue weighted by Gasteiger charge is 2.16. The second-order valence-electron chi connectivity index (χ2n) is 3.28. The van der Waals surface area contributed by atoms with E-state index in [1.807, 2.05) is 5.32 Å². The second kappa shape index (κ2) is 5.24. The van der Waals surface area contributed by atoms with Crippen LogP contribution in [0, 0.1) is 11.6 Å². The molecule has 0 aromatic heterocycles. The van der Waals surface area contributed by atoms with Crippen molar-refractivity contribution in [2.24, 2.45) is 0 Å². The molecule has 2 N–H and O–H groups in total. The largest absolute Gasteiger partial charge is 0.480 e. The number of hydrogen-bond acceptors (Lipinski definition) is 2. The molecule has 0 bridgehead atoms. The number of nitrogens with one attached hydrogen (secondary N) is 1.